The average Bonchev–Trinajstić information content (AvgIpc) is 1.96. The molecule has 1 amide bonds. The number of rotatable bonds is 1. The van der Waals surface area contributed by atoms with E-state index in [-0.39, 0.29) is 5.91 Å². The summed E-state index contributed by atoms with van der Waals surface area (Å²) in [4.78, 5) is 14.7. The molecule has 1 aromatic rings. The minimum atomic E-state index is -0.171. The number of anilines is 1. The van der Waals surface area contributed by atoms with E-state index in [4.69, 9.17) is 11.6 Å². The van der Waals surface area contributed by atoms with E-state index in [1.54, 1.807) is 12.1 Å². The first-order chi connectivity index (χ1) is 5.59. The van der Waals surface area contributed by atoms with Gasteiger partial charge in [-0.1, -0.05) is 11.6 Å². The van der Waals surface area contributed by atoms with Gasteiger partial charge in [0.2, 0.25) is 5.91 Å². The van der Waals surface area contributed by atoms with E-state index in [9.17, 15) is 4.79 Å². The zero-order valence-corrected chi connectivity index (χ0v) is 7.64. The number of aromatic nitrogens is 1. The molecular formula is C8H9ClN2O. The van der Waals surface area contributed by atoms with Gasteiger partial charge in [-0.25, -0.2) is 4.98 Å². The fourth-order valence-electron chi connectivity index (χ4n) is 0.794. The molecule has 12 heavy (non-hydrogen) atoms. The Bertz CT molecular complexity index is 312. The maximum Gasteiger partial charge on any atom is 0.222 e. The molecule has 0 bridgehead atoms. The fourth-order valence-corrected chi connectivity index (χ4v) is 0.947. The number of carbonyl (C=O) groups excluding carboxylic acids is 1. The van der Waals surface area contributed by atoms with E-state index >= 15 is 0 Å². The third-order valence-electron chi connectivity index (χ3n) is 1.28. The van der Waals surface area contributed by atoms with E-state index in [0.29, 0.717) is 10.8 Å². The average molecular weight is 185 g/mol. The van der Waals surface area contributed by atoms with Crippen molar-refractivity contribution in [2.24, 2.45) is 0 Å². The molecule has 1 aromatic heterocycles. The van der Waals surface area contributed by atoms with Gasteiger partial charge in [-0.15, -0.1) is 0 Å². The van der Waals surface area contributed by atoms with Gasteiger partial charge in [0, 0.05) is 12.6 Å². The van der Waals surface area contributed by atoms with E-state index in [0.717, 1.165) is 5.69 Å². The Morgan fingerprint density at radius 2 is 2.25 bits per heavy atom. The predicted molar refractivity (Wildman–Crippen MR) is 48.3 cm³/mol. The molecule has 0 atom stereocenters. The summed E-state index contributed by atoms with van der Waals surface area (Å²) in [5, 5.41) is 2.99. The van der Waals surface area contributed by atoms with Crippen LogP contribution in [-0.2, 0) is 4.79 Å². The number of carbonyl (C=O) groups is 1. The molecule has 1 N–H and O–H groups in total. The number of hydrogen-bond acceptors (Lipinski definition) is 2. The van der Waals surface area contributed by atoms with Crippen LogP contribution >= 0.6 is 11.6 Å². The number of nitrogens with one attached hydrogen (secondary N) is 1. The standard InChI is InChI=1S/C8H9ClN2O/c1-5-3-4-7(9)8(10-5)11-6(2)12/h3-4H,1-2H3,(H,10,11,12). The Hall–Kier alpha value is -1.09. The zero-order chi connectivity index (χ0) is 9.14. The van der Waals surface area contributed by atoms with Crippen molar-refractivity contribution in [2.75, 3.05) is 5.32 Å². The van der Waals surface area contributed by atoms with Crippen molar-refractivity contribution in [1.29, 1.82) is 0 Å². The molecule has 0 unspecified atom stereocenters. The van der Waals surface area contributed by atoms with Crippen molar-refractivity contribution in [3.8, 4) is 0 Å². The molecule has 64 valence electrons. The Morgan fingerprint density at radius 1 is 1.58 bits per heavy atom. The molecule has 0 aliphatic carbocycles. The molecule has 4 heteroatoms. The van der Waals surface area contributed by atoms with Gasteiger partial charge >= 0.3 is 0 Å². The molecule has 1 heterocycles. The van der Waals surface area contributed by atoms with Crippen LogP contribution in [0.5, 0.6) is 0 Å². The highest BCUT2D eigenvalue weighted by atomic mass is 35.5. The van der Waals surface area contributed by atoms with Crippen molar-refractivity contribution >= 4 is 23.3 Å². The minimum Gasteiger partial charge on any atom is -0.310 e. The van der Waals surface area contributed by atoms with Gasteiger partial charge in [0.15, 0.2) is 5.82 Å². The van der Waals surface area contributed by atoms with Crippen LogP contribution < -0.4 is 5.32 Å². The Kier molecular flexibility index (Phi) is 2.65. The highest BCUT2D eigenvalue weighted by molar-refractivity contribution is 6.33. The lowest BCUT2D eigenvalue weighted by molar-refractivity contribution is -0.114. The van der Waals surface area contributed by atoms with Gasteiger partial charge in [-0.05, 0) is 19.1 Å². The first-order valence-corrected chi connectivity index (χ1v) is 3.88. The van der Waals surface area contributed by atoms with Gasteiger partial charge in [0.05, 0.1) is 5.02 Å². The first-order valence-electron chi connectivity index (χ1n) is 3.50. The largest absolute Gasteiger partial charge is 0.310 e. The summed E-state index contributed by atoms with van der Waals surface area (Å²) in [5.74, 6) is 0.249. The first kappa shape index (κ1) is 9.00. The Morgan fingerprint density at radius 3 is 2.83 bits per heavy atom. The lowest BCUT2D eigenvalue weighted by Crippen LogP contribution is -2.08. The van der Waals surface area contributed by atoms with Gasteiger partial charge in [0.1, 0.15) is 0 Å². The van der Waals surface area contributed by atoms with E-state index < -0.39 is 0 Å². The molecule has 0 aliphatic heterocycles. The van der Waals surface area contributed by atoms with Crippen molar-refractivity contribution < 1.29 is 4.79 Å². The lowest BCUT2D eigenvalue weighted by Gasteiger charge is -2.03. The molecule has 0 saturated carbocycles. The molecular weight excluding hydrogens is 176 g/mol. The number of nitrogens with zero attached hydrogens (tertiary/aromatic N) is 1. The maximum atomic E-state index is 10.7. The van der Waals surface area contributed by atoms with Crippen LogP contribution in [0, 0.1) is 6.92 Å². The molecule has 0 fully saturated rings. The van der Waals surface area contributed by atoms with Crippen LogP contribution in [0.2, 0.25) is 5.02 Å². The third-order valence-corrected chi connectivity index (χ3v) is 1.58. The lowest BCUT2D eigenvalue weighted by atomic mass is 10.3. The smallest absolute Gasteiger partial charge is 0.222 e. The highest BCUT2D eigenvalue weighted by Crippen LogP contribution is 2.18. The number of hydrogen-bond donors (Lipinski definition) is 1. The topological polar surface area (TPSA) is 42.0 Å². The molecule has 0 aromatic carbocycles. The second-order valence-corrected chi connectivity index (χ2v) is 2.87. The Balaban J connectivity index is 2.97. The zero-order valence-electron chi connectivity index (χ0n) is 6.89. The normalized spacial score (nSPS) is 9.58. The van der Waals surface area contributed by atoms with E-state index in [1.807, 2.05) is 6.92 Å². The van der Waals surface area contributed by atoms with Crippen LogP contribution in [0.1, 0.15) is 12.6 Å². The summed E-state index contributed by atoms with van der Waals surface area (Å²) < 4.78 is 0. The second kappa shape index (κ2) is 3.54. The summed E-state index contributed by atoms with van der Waals surface area (Å²) in [6, 6.07) is 3.49. The molecule has 1 rings (SSSR count). The third kappa shape index (κ3) is 2.20. The molecule has 0 aliphatic rings. The van der Waals surface area contributed by atoms with E-state index in [1.165, 1.54) is 6.92 Å². The van der Waals surface area contributed by atoms with Crippen molar-refractivity contribution in [2.45, 2.75) is 13.8 Å². The van der Waals surface area contributed by atoms with Crippen LogP contribution in [0.4, 0.5) is 5.82 Å². The molecule has 3 nitrogen and oxygen atoms in total. The fraction of sp³-hybridized carbons (Fsp3) is 0.250. The number of halogens is 1. The van der Waals surface area contributed by atoms with Crippen molar-refractivity contribution in [3.05, 3.63) is 22.8 Å². The van der Waals surface area contributed by atoms with Crippen LogP contribution in [-0.4, -0.2) is 10.9 Å². The predicted octanol–water partition coefficient (Wildman–Crippen LogP) is 2.00. The number of pyridine rings is 1. The van der Waals surface area contributed by atoms with Gasteiger partial charge in [-0.3, -0.25) is 4.79 Å². The summed E-state index contributed by atoms with van der Waals surface area (Å²) in [6.07, 6.45) is 0. The SMILES string of the molecule is CC(=O)Nc1nc(C)ccc1Cl. The molecule has 0 saturated heterocycles. The van der Waals surface area contributed by atoms with Crippen LogP contribution in [0.3, 0.4) is 0 Å². The minimum absolute atomic E-state index is 0.171. The maximum absolute atomic E-state index is 10.7. The van der Waals surface area contributed by atoms with Gasteiger partial charge < -0.3 is 5.32 Å². The number of amides is 1. The summed E-state index contributed by atoms with van der Waals surface area (Å²) in [7, 11) is 0. The van der Waals surface area contributed by atoms with Crippen molar-refractivity contribution in [3.63, 3.8) is 0 Å². The summed E-state index contributed by atoms with van der Waals surface area (Å²) >= 11 is 5.76. The molecule has 0 radical (unpaired) electrons. The summed E-state index contributed by atoms with van der Waals surface area (Å²) in [6.45, 7) is 3.25. The van der Waals surface area contributed by atoms with Gasteiger partial charge in [-0.2, -0.15) is 0 Å². The Labute approximate surface area is 75.8 Å². The molecule has 0 spiro atoms. The highest BCUT2D eigenvalue weighted by Gasteiger charge is 2.02. The second-order valence-electron chi connectivity index (χ2n) is 2.46. The van der Waals surface area contributed by atoms with Crippen molar-refractivity contribution in [1.82, 2.24) is 4.98 Å². The monoisotopic (exact) mass is 184 g/mol. The van der Waals surface area contributed by atoms with Gasteiger partial charge in [0.25, 0.3) is 0 Å². The quantitative estimate of drug-likeness (QED) is 0.726. The number of aryl methyl sites for hydroxylation is 1. The summed E-state index contributed by atoms with van der Waals surface area (Å²) in [5.41, 5.74) is 0.822. The van der Waals surface area contributed by atoms with Crippen LogP contribution in [0.25, 0.3) is 0 Å². The van der Waals surface area contributed by atoms with Crippen LogP contribution in [0.15, 0.2) is 12.1 Å². The van der Waals surface area contributed by atoms with E-state index in [2.05, 4.69) is 10.3 Å².